The van der Waals surface area contributed by atoms with Crippen molar-refractivity contribution in [2.75, 3.05) is 5.32 Å². The standard InChI is InChI=1S/C18H20ClNO2/c1-4-16(22-17-10-9-12(2)11-13(17)3)18(21)20-15-8-6-5-7-14(15)19/h5-11,16H,4H2,1-3H3,(H,20,21)/t16-/m1/s1. The van der Waals surface area contributed by atoms with Gasteiger partial charge in [-0.1, -0.05) is 48.4 Å². The molecule has 0 aliphatic rings. The third-order valence-electron chi connectivity index (χ3n) is 3.39. The predicted octanol–water partition coefficient (Wildman–Crippen LogP) is 4.75. The summed E-state index contributed by atoms with van der Waals surface area (Å²) < 4.78 is 5.87. The van der Waals surface area contributed by atoms with Crippen molar-refractivity contribution in [2.24, 2.45) is 0 Å². The van der Waals surface area contributed by atoms with Crippen LogP contribution in [0.1, 0.15) is 24.5 Å². The SMILES string of the molecule is CC[C@@H](Oc1ccc(C)cc1C)C(=O)Nc1ccccc1Cl. The van der Waals surface area contributed by atoms with Gasteiger partial charge in [0, 0.05) is 0 Å². The van der Waals surface area contributed by atoms with Crippen molar-refractivity contribution in [2.45, 2.75) is 33.3 Å². The highest BCUT2D eigenvalue weighted by molar-refractivity contribution is 6.33. The summed E-state index contributed by atoms with van der Waals surface area (Å²) >= 11 is 6.06. The summed E-state index contributed by atoms with van der Waals surface area (Å²) in [6.45, 7) is 5.92. The van der Waals surface area contributed by atoms with E-state index < -0.39 is 6.10 Å². The van der Waals surface area contributed by atoms with Crippen LogP contribution in [-0.4, -0.2) is 12.0 Å². The van der Waals surface area contributed by atoms with E-state index in [1.807, 2.05) is 51.1 Å². The number of nitrogens with one attached hydrogen (secondary N) is 1. The average Bonchev–Trinajstić information content (AvgIpc) is 2.49. The smallest absolute Gasteiger partial charge is 0.265 e. The molecule has 4 heteroatoms. The molecule has 1 amide bonds. The highest BCUT2D eigenvalue weighted by Gasteiger charge is 2.20. The summed E-state index contributed by atoms with van der Waals surface area (Å²) in [5.41, 5.74) is 2.78. The number of halogens is 1. The summed E-state index contributed by atoms with van der Waals surface area (Å²) in [4.78, 5) is 12.4. The third kappa shape index (κ3) is 4.01. The van der Waals surface area contributed by atoms with E-state index >= 15 is 0 Å². The number of aryl methyl sites for hydroxylation is 2. The molecule has 0 spiro atoms. The molecule has 22 heavy (non-hydrogen) atoms. The van der Waals surface area contributed by atoms with Crippen molar-refractivity contribution < 1.29 is 9.53 Å². The maximum absolute atomic E-state index is 12.4. The molecule has 0 saturated carbocycles. The van der Waals surface area contributed by atoms with E-state index in [2.05, 4.69) is 5.32 Å². The van der Waals surface area contributed by atoms with Gasteiger partial charge in [-0.05, 0) is 44.0 Å². The van der Waals surface area contributed by atoms with Crippen LogP contribution in [0.25, 0.3) is 0 Å². The summed E-state index contributed by atoms with van der Waals surface area (Å²) in [6, 6.07) is 13.1. The van der Waals surface area contributed by atoms with E-state index in [0.717, 1.165) is 11.3 Å². The Morgan fingerprint density at radius 3 is 2.59 bits per heavy atom. The highest BCUT2D eigenvalue weighted by Crippen LogP contribution is 2.23. The lowest BCUT2D eigenvalue weighted by Crippen LogP contribution is -2.32. The zero-order valence-electron chi connectivity index (χ0n) is 13.0. The number of carbonyl (C=O) groups excluding carboxylic acids is 1. The summed E-state index contributed by atoms with van der Waals surface area (Å²) in [5.74, 6) is 0.530. The molecule has 0 bridgehead atoms. The number of hydrogen-bond donors (Lipinski definition) is 1. The van der Waals surface area contributed by atoms with Gasteiger partial charge in [-0.2, -0.15) is 0 Å². The van der Waals surface area contributed by atoms with Gasteiger partial charge in [0.2, 0.25) is 0 Å². The molecule has 0 unspecified atom stereocenters. The van der Waals surface area contributed by atoms with E-state index in [4.69, 9.17) is 16.3 Å². The first-order chi connectivity index (χ1) is 10.5. The Morgan fingerprint density at radius 2 is 1.95 bits per heavy atom. The maximum atomic E-state index is 12.4. The van der Waals surface area contributed by atoms with Gasteiger partial charge in [0.25, 0.3) is 5.91 Å². The fourth-order valence-corrected chi connectivity index (χ4v) is 2.37. The minimum atomic E-state index is -0.558. The second kappa shape index (κ2) is 7.32. The van der Waals surface area contributed by atoms with Crippen LogP contribution in [0, 0.1) is 13.8 Å². The second-order valence-electron chi connectivity index (χ2n) is 5.25. The van der Waals surface area contributed by atoms with E-state index in [1.54, 1.807) is 12.1 Å². The molecule has 1 N–H and O–H groups in total. The maximum Gasteiger partial charge on any atom is 0.265 e. The lowest BCUT2D eigenvalue weighted by atomic mass is 10.1. The molecule has 0 aliphatic carbocycles. The fraction of sp³-hybridized carbons (Fsp3) is 0.278. The third-order valence-corrected chi connectivity index (χ3v) is 3.72. The van der Waals surface area contributed by atoms with Gasteiger partial charge < -0.3 is 10.1 Å². The van der Waals surface area contributed by atoms with Crippen molar-refractivity contribution in [3.05, 3.63) is 58.6 Å². The first-order valence-corrected chi connectivity index (χ1v) is 7.68. The largest absolute Gasteiger partial charge is 0.480 e. The Labute approximate surface area is 136 Å². The van der Waals surface area contributed by atoms with Crippen molar-refractivity contribution in [1.29, 1.82) is 0 Å². The van der Waals surface area contributed by atoms with Crippen molar-refractivity contribution >= 4 is 23.2 Å². The zero-order valence-corrected chi connectivity index (χ0v) is 13.8. The Morgan fingerprint density at radius 1 is 1.23 bits per heavy atom. The number of carbonyl (C=O) groups is 1. The molecule has 0 aromatic heterocycles. The molecule has 3 nitrogen and oxygen atoms in total. The van der Waals surface area contributed by atoms with E-state index in [0.29, 0.717) is 17.1 Å². The minimum Gasteiger partial charge on any atom is -0.480 e. The van der Waals surface area contributed by atoms with E-state index in [-0.39, 0.29) is 5.91 Å². The highest BCUT2D eigenvalue weighted by atomic mass is 35.5. The molecule has 0 saturated heterocycles. The van der Waals surface area contributed by atoms with Gasteiger partial charge in [-0.25, -0.2) is 0 Å². The number of anilines is 1. The molecule has 0 aliphatic heterocycles. The number of para-hydroxylation sites is 1. The first-order valence-electron chi connectivity index (χ1n) is 7.30. The van der Waals surface area contributed by atoms with Gasteiger partial charge in [0.05, 0.1) is 10.7 Å². The average molecular weight is 318 g/mol. The lowest BCUT2D eigenvalue weighted by Gasteiger charge is -2.19. The van der Waals surface area contributed by atoms with Gasteiger partial charge in [0.15, 0.2) is 6.10 Å². The summed E-state index contributed by atoms with van der Waals surface area (Å²) in [5, 5.41) is 3.33. The fourth-order valence-electron chi connectivity index (χ4n) is 2.18. The quantitative estimate of drug-likeness (QED) is 0.864. The number of rotatable bonds is 5. The Bertz CT molecular complexity index is 670. The molecular weight excluding hydrogens is 298 g/mol. The second-order valence-corrected chi connectivity index (χ2v) is 5.66. The monoisotopic (exact) mass is 317 g/mol. The minimum absolute atomic E-state index is 0.199. The first kappa shape index (κ1) is 16.4. The van der Waals surface area contributed by atoms with Crippen LogP contribution < -0.4 is 10.1 Å². The Kier molecular flexibility index (Phi) is 5.45. The van der Waals surface area contributed by atoms with E-state index in [9.17, 15) is 4.79 Å². The summed E-state index contributed by atoms with van der Waals surface area (Å²) in [6.07, 6.45) is 0.0153. The number of amides is 1. The molecule has 2 aromatic carbocycles. The molecule has 2 rings (SSSR count). The van der Waals surface area contributed by atoms with E-state index in [1.165, 1.54) is 5.56 Å². The van der Waals surface area contributed by atoms with Crippen LogP contribution in [0.5, 0.6) is 5.75 Å². The molecule has 0 radical (unpaired) electrons. The molecular formula is C18H20ClNO2. The van der Waals surface area contributed by atoms with Crippen LogP contribution in [0.4, 0.5) is 5.69 Å². The molecule has 0 heterocycles. The molecule has 0 fully saturated rings. The Hall–Kier alpha value is -2.00. The van der Waals surface area contributed by atoms with Gasteiger partial charge in [-0.15, -0.1) is 0 Å². The zero-order chi connectivity index (χ0) is 16.1. The number of benzene rings is 2. The Balaban J connectivity index is 2.11. The van der Waals surface area contributed by atoms with Crippen LogP contribution in [0.3, 0.4) is 0 Å². The lowest BCUT2D eigenvalue weighted by molar-refractivity contribution is -0.122. The molecule has 2 aromatic rings. The van der Waals surface area contributed by atoms with Crippen molar-refractivity contribution in [1.82, 2.24) is 0 Å². The van der Waals surface area contributed by atoms with Crippen LogP contribution in [-0.2, 0) is 4.79 Å². The number of hydrogen-bond acceptors (Lipinski definition) is 2. The number of ether oxygens (including phenoxy) is 1. The molecule has 1 atom stereocenters. The van der Waals surface area contributed by atoms with Crippen molar-refractivity contribution in [3.63, 3.8) is 0 Å². The predicted molar refractivity (Wildman–Crippen MR) is 90.7 cm³/mol. The van der Waals surface area contributed by atoms with Crippen LogP contribution >= 0.6 is 11.6 Å². The van der Waals surface area contributed by atoms with Gasteiger partial charge in [0.1, 0.15) is 5.75 Å². The van der Waals surface area contributed by atoms with Crippen molar-refractivity contribution in [3.8, 4) is 5.75 Å². The van der Waals surface area contributed by atoms with Crippen LogP contribution in [0.15, 0.2) is 42.5 Å². The van der Waals surface area contributed by atoms with Gasteiger partial charge >= 0.3 is 0 Å². The van der Waals surface area contributed by atoms with Gasteiger partial charge in [-0.3, -0.25) is 4.79 Å². The summed E-state index contributed by atoms with van der Waals surface area (Å²) in [7, 11) is 0. The molecule has 116 valence electrons. The topological polar surface area (TPSA) is 38.3 Å². The van der Waals surface area contributed by atoms with Crippen LogP contribution in [0.2, 0.25) is 5.02 Å². The normalized spacial score (nSPS) is 11.8.